The van der Waals surface area contributed by atoms with Crippen molar-refractivity contribution in [1.29, 1.82) is 0 Å². The molecule has 1 heterocycles. The standard InChI is InChI=1S/C21H16BrFN2O3S/c22-15-9-10-19-18(11-15)21(14-5-2-1-3-6-14)25(13-20(26)24-19)29(27,28)17-8-4-7-16(23)12-17/h1-12,21H,13H2,(H,24,26)/t21-/m0/s1. The van der Waals surface area contributed by atoms with Crippen LogP contribution in [-0.4, -0.2) is 25.2 Å². The topological polar surface area (TPSA) is 66.5 Å². The number of hydrogen-bond acceptors (Lipinski definition) is 3. The molecule has 5 nitrogen and oxygen atoms in total. The molecule has 8 heteroatoms. The quantitative estimate of drug-likeness (QED) is 0.614. The fourth-order valence-corrected chi connectivity index (χ4v) is 5.38. The molecule has 1 aliphatic heterocycles. The van der Waals surface area contributed by atoms with Crippen molar-refractivity contribution in [2.24, 2.45) is 0 Å². The van der Waals surface area contributed by atoms with E-state index in [0.29, 0.717) is 16.8 Å². The van der Waals surface area contributed by atoms with E-state index in [1.807, 2.05) is 6.07 Å². The van der Waals surface area contributed by atoms with E-state index >= 15 is 0 Å². The normalized spacial score (nSPS) is 17.3. The average molecular weight is 475 g/mol. The van der Waals surface area contributed by atoms with Crippen LogP contribution in [0, 0.1) is 5.82 Å². The molecule has 29 heavy (non-hydrogen) atoms. The van der Waals surface area contributed by atoms with Crippen molar-refractivity contribution in [2.45, 2.75) is 10.9 Å². The van der Waals surface area contributed by atoms with Crippen LogP contribution in [0.2, 0.25) is 0 Å². The first-order valence-electron chi connectivity index (χ1n) is 8.78. The lowest BCUT2D eigenvalue weighted by atomic mass is 9.97. The summed E-state index contributed by atoms with van der Waals surface area (Å²) in [6, 6.07) is 18.4. The number of amides is 1. The Hall–Kier alpha value is -2.55. The van der Waals surface area contributed by atoms with E-state index in [-0.39, 0.29) is 4.90 Å². The molecule has 4 rings (SSSR count). The highest BCUT2D eigenvalue weighted by atomic mass is 79.9. The Balaban J connectivity index is 1.96. The maximum Gasteiger partial charge on any atom is 0.244 e. The maximum atomic E-state index is 13.8. The number of benzene rings is 3. The molecule has 0 unspecified atom stereocenters. The molecule has 0 bridgehead atoms. The van der Waals surface area contributed by atoms with Gasteiger partial charge in [0.1, 0.15) is 5.82 Å². The second-order valence-corrected chi connectivity index (χ2v) is 9.41. The zero-order valence-corrected chi connectivity index (χ0v) is 17.5. The minimum Gasteiger partial charge on any atom is -0.325 e. The highest BCUT2D eigenvalue weighted by Gasteiger charge is 2.38. The van der Waals surface area contributed by atoms with Gasteiger partial charge in [-0.1, -0.05) is 52.3 Å². The van der Waals surface area contributed by atoms with Crippen LogP contribution in [0.1, 0.15) is 17.2 Å². The monoisotopic (exact) mass is 474 g/mol. The number of carbonyl (C=O) groups excluding carboxylic acids is 1. The van der Waals surface area contributed by atoms with Gasteiger partial charge < -0.3 is 5.32 Å². The molecule has 3 aromatic carbocycles. The van der Waals surface area contributed by atoms with Gasteiger partial charge in [0.2, 0.25) is 15.9 Å². The summed E-state index contributed by atoms with van der Waals surface area (Å²) >= 11 is 3.43. The van der Waals surface area contributed by atoms with E-state index < -0.39 is 34.3 Å². The number of nitrogens with one attached hydrogen (secondary N) is 1. The van der Waals surface area contributed by atoms with Crippen molar-refractivity contribution in [3.63, 3.8) is 0 Å². The van der Waals surface area contributed by atoms with Crippen molar-refractivity contribution in [1.82, 2.24) is 4.31 Å². The summed E-state index contributed by atoms with van der Waals surface area (Å²) in [7, 11) is -4.18. The molecule has 0 saturated heterocycles. The molecule has 0 aliphatic carbocycles. The number of anilines is 1. The summed E-state index contributed by atoms with van der Waals surface area (Å²) in [5.74, 6) is -1.13. The Morgan fingerprint density at radius 3 is 2.48 bits per heavy atom. The molecule has 0 aromatic heterocycles. The van der Waals surface area contributed by atoms with Crippen LogP contribution in [0.3, 0.4) is 0 Å². The number of nitrogens with zero attached hydrogens (tertiary/aromatic N) is 1. The molecule has 0 spiro atoms. The largest absolute Gasteiger partial charge is 0.325 e. The van der Waals surface area contributed by atoms with Gasteiger partial charge in [-0.05, 0) is 47.5 Å². The first-order chi connectivity index (χ1) is 13.9. The molecule has 0 fully saturated rings. The Morgan fingerprint density at radius 1 is 1.00 bits per heavy atom. The lowest BCUT2D eigenvalue weighted by Gasteiger charge is -2.29. The first-order valence-corrected chi connectivity index (χ1v) is 11.0. The minimum atomic E-state index is -4.18. The zero-order valence-electron chi connectivity index (χ0n) is 15.0. The number of rotatable bonds is 3. The van der Waals surface area contributed by atoms with Crippen molar-refractivity contribution in [2.75, 3.05) is 11.9 Å². The molecule has 0 radical (unpaired) electrons. The van der Waals surface area contributed by atoms with Gasteiger partial charge in [0.05, 0.1) is 17.5 Å². The lowest BCUT2D eigenvalue weighted by Crippen LogP contribution is -2.39. The summed E-state index contributed by atoms with van der Waals surface area (Å²) in [6.07, 6.45) is 0. The Morgan fingerprint density at radius 2 is 1.76 bits per heavy atom. The minimum absolute atomic E-state index is 0.204. The van der Waals surface area contributed by atoms with Crippen LogP contribution in [0.25, 0.3) is 0 Å². The number of fused-ring (bicyclic) bond motifs is 1. The number of hydrogen-bond donors (Lipinski definition) is 1. The van der Waals surface area contributed by atoms with E-state index in [4.69, 9.17) is 0 Å². The third-order valence-corrected chi connectivity index (χ3v) is 6.99. The van der Waals surface area contributed by atoms with Gasteiger partial charge in [-0.2, -0.15) is 4.31 Å². The SMILES string of the molecule is O=C1CN(S(=O)(=O)c2cccc(F)c2)[C@@H](c2ccccc2)c2cc(Br)ccc2N1. The summed E-state index contributed by atoms with van der Waals surface area (Å²) in [4.78, 5) is 12.4. The zero-order chi connectivity index (χ0) is 20.6. The second kappa shape index (κ2) is 7.70. The summed E-state index contributed by atoms with van der Waals surface area (Å²) in [5, 5.41) is 2.77. The van der Waals surface area contributed by atoms with Crippen molar-refractivity contribution >= 4 is 37.5 Å². The van der Waals surface area contributed by atoms with Crippen LogP contribution in [0.5, 0.6) is 0 Å². The third-order valence-electron chi connectivity index (χ3n) is 4.69. The van der Waals surface area contributed by atoms with Gasteiger partial charge >= 0.3 is 0 Å². The van der Waals surface area contributed by atoms with Crippen LogP contribution in [-0.2, 0) is 14.8 Å². The van der Waals surface area contributed by atoms with E-state index in [0.717, 1.165) is 14.8 Å². The molecule has 1 amide bonds. The molecule has 148 valence electrons. The second-order valence-electron chi connectivity index (χ2n) is 6.60. The van der Waals surface area contributed by atoms with Gasteiger partial charge in [0.25, 0.3) is 0 Å². The fourth-order valence-electron chi connectivity index (χ4n) is 3.42. The van der Waals surface area contributed by atoms with Crippen LogP contribution in [0.15, 0.2) is 82.2 Å². The van der Waals surface area contributed by atoms with Crippen molar-refractivity contribution in [3.05, 3.63) is 94.2 Å². The van der Waals surface area contributed by atoms with Gasteiger partial charge in [-0.15, -0.1) is 0 Å². The summed E-state index contributed by atoms with van der Waals surface area (Å²) < 4.78 is 42.6. The number of carbonyl (C=O) groups is 1. The average Bonchev–Trinajstić information content (AvgIpc) is 2.84. The van der Waals surface area contributed by atoms with Crippen molar-refractivity contribution in [3.8, 4) is 0 Å². The predicted molar refractivity (Wildman–Crippen MR) is 111 cm³/mol. The Kier molecular flexibility index (Phi) is 5.24. The van der Waals surface area contributed by atoms with Gasteiger partial charge in [-0.25, -0.2) is 12.8 Å². The van der Waals surface area contributed by atoms with Gasteiger partial charge in [0, 0.05) is 10.2 Å². The van der Waals surface area contributed by atoms with Gasteiger partial charge in [-0.3, -0.25) is 4.79 Å². The van der Waals surface area contributed by atoms with Gasteiger partial charge in [0.15, 0.2) is 0 Å². The molecule has 1 N–H and O–H groups in total. The fraction of sp³-hybridized carbons (Fsp3) is 0.0952. The molecule has 1 aliphatic rings. The maximum absolute atomic E-state index is 13.8. The molecule has 1 atom stereocenters. The van der Waals surface area contributed by atoms with Crippen LogP contribution >= 0.6 is 15.9 Å². The lowest BCUT2D eigenvalue weighted by molar-refractivity contribution is -0.116. The highest BCUT2D eigenvalue weighted by Crippen LogP contribution is 2.39. The number of halogens is 2. The highest BCUT2D eigenvalue weighted by molar-refractivity contribution is 9.10. The summed E-state index contributed by atoms with van der Waals surface area (Å²) in [5.41, 5.74) is 1.85. The van der Waals surface area contributed by atoms with Crippen molar-refractivity contribution < 1.29 is 17.6 Å². The van der Waals surface area contributed by atoms with E-state index in [1.54, 1.807) is 42.5 Å². The number of sulfonamides is 1. The molecular formula is C21H16BrFN2O3S. The predicted octanol–water partition coefficient (Wildman–Crippen LogP) is 4.32. The Labute approximate surface area is 176 Å². The first kappa shape index (κ1) is 19.8. The van der Waals surface area contributed by atoms with Crippen LogP contribution in [0.4, 0.5) is 10.1 Å². The van der Waals surface area contributed by atoms with E-state index in [2.05, 4.69) is 21.2 Å². The Bertz CT molecular complexity index is 1190. The smallest absolute Gasteiger partial charge is 0.244 e. The molecule has 0 saturated carbocycles. The van der Waals surface area contributed by atoms with Crippen LogP contribution < -0.4 is 5.32 Å². The molecular weight excluding hydrogens is 459 g/mol. The van der Waals surface area contributed by atoms with E-state index in [9.17, 15) is 17.6 Å². The third kappa shape index (κ3) is 3.83. The molecule has 3 aromatic rings. The summed E-state index contributed by atoms with van der Waals surface area (Å²) in [6.45, 7) is -0.398. The van der Waals surface area contributed by atoms with E-state index in [1.165, 1.54) is 18.2 Å².